The predicted octanol–water partition coefficient (Wildman–Crippen LogP) is 4.73. The third-order valence-corrected chi connectivity index (χ3v) is 5.20. The van der Waals surface area contributed by atoms with Crippen molar-refractivity contribution in [3.05, 3.63) is 57.6 Å². The zero-order chi connectivity index (χ0) is 20.1. The van der Waals surface area contributed by atoms with Gasteiger partial charge in [-0.2, -0.15) is 18.3 Å². The monoisotopic (exact) mass is 431 g/mol. The minimum absolute atomic E-state index is 0.0619. The number of nitrogens with one attached hydrogen (secondary N) is 1. The SMILES string of the molecule is COc1cccc([C@H]2OCC3NN=C(C(F)(F)F)N3c3ccc(Cl)cc32)c1Cl. The fourth-order valence-corrected chi connectivity index (χ4v) is 3.85. The Morgan fingerprint density at radius 3 is 2.71 bits per heavy atom. The van der Waals surface area contributed by atoms with Gasteiger partial charge in [-0.25, -0.2) is 0 Å². The number of benzene rings is 2. The Labute approximate surface area is 168 Å². The molecule has 5 nitrogen and oxygen atoms in total. The molecule has 0 aromatic heterocycles. The molecule has 0 radical (unpaired) electrons. The Kier molecular flexibility index (Phi) is 4.81. The van der Waals surface area contributed by atoms with Gasteiger partial charge in [-0.3, -0.25) is 10.3 Å². The summed E-state index contributed by atoms with van der Waals surface area (Å²) < 4.78 is 51.7. The summed E-state index contributed by atoms with van der Waals surface area (Å²) in [4.78, 5) is 1.08. The van der Waals surface area contributed by atoms with E-state index in [2.05, 4.69) is 10.5 Å². The van der Waals surface area contributed by atoms with Gasteiger partial charge in [-0.05, 0) is 24.3 Å². The largest absolute Gasteiger partial charge is 0.495 e. The molecule has 0 fully saturated rings. The maximum atomic E-state index is 13.5. The highest BCUT2D eigenvalue weighted by Crippen LogP contribution is 2.44. The third-order valence-electron chi connectivity index (χ3n) is 4.56. The Balaban J connectivity index is 1.88. The molecule has 2 heterocycles. The smallest absolute Gasteiger partial charge is 0.451 e. The Morgan fingerprint density at radius 1 is 1.21 bits per heavy atom. The zero-order valence-corrected chi connectivity index (χ0v) is 15.9. The van der Waals surface area contributed by atoms with Crippen LogP contribution in [0.2, 0.25) is 10.0 Å². The quantitative estimate of drug-likeness (QED) is 0.746. The van der Waals surface area contributed by atoms with Crippen LogP contribution in [0.3, 0.4) is 0 Å². The normalized spacial score (nSPS) is 21.4. The van der Waals surface area contributed by atoms with Crippen LogP contribution in [-0.2, 0) is 4.74 Å². The second-order valence-electron chi connectivity index (χ2n) is 6.23. The first kappa shape index (κ1) is 19.2. The molecule has 2 aromatic carbocycles. The van der Waals surface area contributed by atoms with Crippen molar-refractivity contribution in [2.45, 2.75) is 18.4 Å². The van der Waals surface area contributed by atoms with E-state index < -0.39 is 24.3 Å². The molecule has 28 heavy (non-hydrogen) atoms. The minimum atomic E-state index is -4.63. The van der Waals surface area contributed by atoms with Gasteiger partial charge in [0.05, 0.1) is 24.4 Å². The van der Waals surface area contributed by atoms with Crippen LogP contribution in [0, 0.1) is 0 Å². The number of methoxy groups -OCH3 is 1. The van der Waals surface area contributed by atoms with Crippen LogP contribution >= 0.6 is 23.2 Å². The van der Waals surface area contributed by atoms with Gasteiger partial charge in [0.1, 0.15) is 18.0 Å². The van der Waals surface area contributed by atoms with E-state index in [-0.39, 0.29) is 12.3 Å². The summed E-state index contributed by atoms with van der Waals surface area (Å²) in [5.74, 6) is -0.603. The number of ether oxygens (including phenoxy) is 2. The molecule has 2 aliphatic rings. The fraction of sp³-hybridized carbons (Fsp3) is 0.278. The molecule has 2 atom stereocenters. The van der Waals surface area contributed by atoms with Gasteiger partial charge < -0.3 is 9.47 Å². The van der Waals surface area contributed by atoms with Crippen LogP contribution < -0.4 is 15.1 Å². The second kappa shape index (κ2) is 7.02. The lowest BCUT2D eigenvalue weighted by molar-refractivity contribution is -0.0599. The highest BCUT2D eigenvalue weighted by molar-refractivity contribution is 6.33. The number of fused-ring (bicyclic) bond motifs is 3. The Bertz CT molecular complexity index is 952. The van der Waals surface area contributed by atoms with Gasteiger partial charge in [-0.1, -0.05) is 35.3 Å². The molecule has 2 aromatic rings. The van der Waals surface area contributed by atoms with E-state index in [4.69, 9.17) is 32.7 Å². The van der Waals surface area contributed by atoms with E-state index >= 15 is 0 Å². The number of hydrogen-bond donors (Lipinski definition) is 1. The molecule has 0 aliphatic carbocycles. The molecule has 148 valence electrons. The maximum absolute atomic E-state index is 13.5. The number of hydrazone groups is 1. The van der Waals surface area contributed by atoms with Crippen molar-refractivity contribution in [1.82, 2.24) is 5.43 Å². The summed E-state index contributed by atoms with van der Waals surface area (Å²) in [6, 6.07) is 9.79. The topological polar surface area (TPSA) is 46.1 Å². The lowest BCUT2D eigenvalue weighted by Gasteiger charge is -2.26. The lowest BCUT2D eigenvalue weighted by atomic mass is 9.98. The summed E-state index contributed by atoms with van der Waals surface area (Å²) in [7, 11) is 1.48. The average Bonchev–Trinajstić information content (AvgIpc) is 3.01. The maximum Gasteiger partial charge on any atom is 0.451 e. The first-order valence-electron chi connectivity index (χ1n) is 8.24. The molecule has 0 amide bonds. The van der Waals surface area contributed by atoms with E-state index in [1.54, 1.807) is 24.3 Å². The second-order valence-corrected chi connectivity index (χ2v) is 7.04. The highest BCUT2D eigenvalue weighted by atomic mass is 35.5. The van der Waals surface area contributed by atoms with Gasteiger partial charge in [0.25, 0.3) is 0 Å². The van der Waals surface area contributed by atoms with E-state index in [9.17, 15) is 13.2 Å². The molecule has 1 unspecified atom stereocenters. The van der Waals surface area contributed by atoms with Crippen LogP contribution in [-0.4, -0.2) is 31.9 Å². The molecule has 0 spiro atoms. The van der Waals surface area contributed by atoms with Gasteiger partial charge in [0, 0.05) is 16.1 Å². The lowest BCUT2D eigenvalue weighted by Crippen LogP contribution is -2.47. The number of anilines is 1. The first-order valence-corrected chi connectivity index (χ1v) is 9.00. The third kappa shape index (κ3) is 3.15. The molecular weight excluding hydrogens is 418 g/mol. The minimum Gasteiger partial charge on any atom is -0.495 e. The van der Waals surface area contributed by atoms with Crippen molar-refractivity contribution >= 4 is 34.7 Å². The fourth-order valence-electron chi connectivity index (χ4n) is 3.37. The molecule has 0 saturated carbocycles. The zero-order valence-electron chi connectivity index (χ0n) is 14.4. The van der Waals surface area contributed by atoms with E-state index in [1.807, 2.05) is 0 Å². The van der Waals surface area contributed by atoms with Crippen LogP contribution in [0.4, 0.5) is 18.9 Å². The van der Waals surface area contributed by atoms with Crippen molar-refractivity contribution in [3.8, 4) is 5.75 Å². The summed E-state index contributed by atoms with van der Waals surface area (Å²) in [5, 5.41) is 4.15. The first-order chi connectivity index (χ1) is 13.3. The molecular formula is C18H14Cl2F3N3O2. The van der Waals surface area contributed by atoms with Crippen molar-refractivity contribution in [2.24, 2.45) is 5.10 Å². The number of nitrogens with zero attached hydrogens (tertiary/aromatic N) is 2. The Morgan fingerprint density at radius 2 is 2.00 bits per heavy atom. The van der Waals surface area contributed by atoms with Gasteiger partial charge in [0.15, 0.2) is 0 Å². The predicted molar refractivity (Wildman–Crippen MR) is 100 cm³/mol. The van der Waals surface area contributed by atoms with Crippen LogP contribution in [0.5, 0.6) is 5.75 Å². The van der Waals surface area contributed by atoms with Crippen LogP contribution in [0.15, 0.2) is 41.5 Å². The van der Waals surface area contributed by atoms with E-state index in [1.165, 1.54) is 19.2 Å². The molecule has 1 N–H and O–H groups in total. The average molecular weight is 432 g/mol. The number of rotatable bonds is 2. The molecule has 0 saturated heterocycles. The van der Waals surface area contributed by atoms with Gasteiger partial charge in [0.2, 0.25) is 5.84 Å². The number of alkyl halides is 3. The highest BCUT2D eigenvalue weighted by Gasteiger charge is 2.48. The van der Waals surface area contributed by atoms with Crippen molar-refractivity contribution in [1.29, 1.82) is 0 Å². The molecule has 2 aliphatic heterocycles. The molecule has 4 rings (SSSR count). The van der Waals surface area contributed by atoms with E-state index in [0.717, 1.165) is 4.90 Å². The van der Waals surface area contributed by atoms with Crippen molar-refractivity contribution < 1.29 is 22.6 Å². The standard InChI is InChI=1S/C18H14Cl2F3N3O2/c1-27-13-4-2-3-10(15(13)20)16-11-7-9(19)5-6-12(11)26-14(8-28-16)24-25-17(26)18(21,22)23/h2-7,14,16,24H,8H2,1H3/t14?,16-/m1/s1. The molecule has 0 bridgehead atoms. The summed E-state index contributed by atoms with van der Waals surface area (Å²) in [6.07, 6.45) is -6.18. The van der Waals surface area contributed by atoms with Gasteiger partial charge >= 0.3 is 6.18 Å². The number of halogens is 5. The van der Waals surface area contributed by atoms with Crippen LogP contribution in [0.25, 0.3) is 0 Å². The summed E-state index contributed by atoms with van der Waals surface area (Å²) in [5.41, 5.74) is 3.80. The van der Waals surface area contributed by atoms with Gasteiger partial charge in [-0.15, -0.1) is 0 Å². The van der Waals surface area contributed by atoms with E-state index in [0.29, 0.717) is 26.9 Å². The number of hydrogen-bond acceptors (Lipinski definition) is 5. The number of amidine groups is 1. The van der Waals surface area contributed by atoms with Crippen molar-refractivity contribution in [3.63, 3.8) is 0 Å². The summed E-state index contributed by atoms with van der Waals surface area (Å²) in [6.45, 7) is -0.0619. The molecule has 10 heteroatoms. The van der Waals surface area contributed by atoms with Crippen LogP contribution in [0.1, 0.15) is 17.2 Å². The Hall–Kier alpha value is -2.16. The summed E-state index contributed by atoms with van der Waals surface area (Å²) >= 11 is 12.6. The van der Waals surface area contributed by atoms with Crippen molar-refractivity contribution in [2.75, 3.05) is 18.6 Å².